The molecule has 6 heteroatoms. The molecule has 1 aromatic carbocycles. The van der Waals surface area contributed by atoms with E-state index in [0.29, 0.717) is 19.8 Å². The molecule has 0 bridgehead atoms. The van der Waals surface area contributed by atoms with Crippen molar-refractivity contribution in [2.75, 3.05) is 13.2 Å². The number of benzene rings is 1. The summed E-state index contributed by atoms with van der Waals surface area (Å²) >= 11 is 0. The van der Waals surface area contributed by atoms with Crippen molar-refractivity contribution in [1.29, 1.82) is 0 Å². The number of rotatable bonds is 6. The molecule has 130 valence electrons. The highest BCUT2D eigenvalue weighted by molar-refractivity contribution is 5.24. The van der Waals surface area contributed by atoms with Gasteiger partial charge in [0, 0.05) is 0 Å². The summed E-state index contributed by atoms with van der Waals surface area (Å²) in [4.78, 5) is 0. The molecule has 3 rings (SSSR count). The molecule has 1 aliphatic rings. The number of hydrogen-bond donors (Lipinski definition) is 0. The number of nitrogens with zero attached hydrogens (tertiary/aromatic N) is 3. The maximum Gasteiger partial charge on any atom is 0.163 e. The van der Waals surface area contributed by atoms with E-state index in [9.17, 15) is 0 Å². The standard InChI is InChI=1S/C18H25N3O3/c1-13-5-7-15(8-6-13)14(2)21-9-16(19-20-21)10-22-11-17-12-23-18(3,4)24-17/h5-9,14,17H,10-12H2,1-4H3/t14-,17?/m0/s1. The summed E-state index contributed by atoms with van der Waals surface area (Å²) in [5.41, 5.74) is 3.27. The highest BCUT2D eigenvalue weighted by Gasteiger charge is 2.32. The summed E-state index contributed by atoms with van der Waals surface area (Å²) in [6, 6.07) is 8.60. The van der Waals surface area contributed by atoms with Crippen LogP contribution >= 0.6 is 0 Å². The number of aryl methyl sites for hydroxylation is 1. The van der Waals surface area contributed by atoms with E-state index in [0.717, 1.165) is 5.69 Å². The summed E-state index contributed by atoms with van der Waals surface area (Å²) in [6.07, 6.45) is 1.90. The topological polar surface area (TPSA) is 58.4 Å². The third kappa shape index (κ3) is 4.20. The van der Waals surface area contributed by atoms with Gasteiger partial charge in [-0.15, -0.1) is 5.10 Å². The summed E-state index contributed by atoms with van der Waals surface area (Å²) in [5, 5.41) is 8.41. The number of aromatic nitrogens is 3. The van der Waals surface area contributed by atoms with Crippen LogP contribution in [-0.2, 0) is 20.8 Å². The van der Waals surface area contributed by atoms with Crippen LogP contribution in [0.2, 0.25) is 0 Å². The summed E-state index contributed by atoms with van der Waals surface area (Å²) in [7, 11) is 0. The molecule has 0 radical (unpaired) electrons. The molecule has 1 unspecified atom stereocenters. The van der Waals surface area contributed by atoms with Crippen LogP contribution in [-0.4, -0.2) is 40.1 Å². The zero-order valence-electron chi connectivity index (χ0n) is 14.7. The average molecular weight is 331 g/mol. The lowest BCUT2D eigenvalue weighted by Crippen LogP contribution is -2.24. The molecule has 2 aromatic rings. The van der Waals surface area contributed by atoms with E-state index in [1.807, 2.05) is 24.7 Å². The fourth-order valence-corrected chi connectivity index (χ4v) is 2.71. The Morgan fingerprint density at radius 2 is 2.08 bits per heavy atom. The zero-order valence-corrected chi connectivity index (χ0v) is 14.7. The second-order valence-corrected chi connectivity index (χ2v) is 6.74. The first-order valence-corrected chi connectivity index (χ1v) is 8.30. The van der Waals surface area contributed by atoms with Crippen LogP contribution in [0.15, 0.2) is 30.5 Å². The van der Waals surface area contributed by atoms with Crippen molar-refractivity contribution in [3.63, 3.8) is 0 Å². The first-order chi connectivity index (χ1) is 11.4. The minimum absolute atomic E-state index is 0.0264. The minimum Gasteiger partial charge on any atom is -0.372 e. The fourth-order valence-electron chi connectivity index (χ4n) is 2.71. The van der Waals surface area contributed by atoms with E-state index in [1.54, 1.807) is 0 Å². The Morgan fingerprint density at radius 1 is 1.33 bits per heavy atom. The van der Waals surface area contributed by atoms with Gasteiger partial charge in [-0.3, -0.25) is 0 Å². The predicted octanol–water partition coefficient (Wildman–Crippen LogP) is 2.86. The van der Waals surface area contributed by atoms with E-state index in [4.69, 9.17) is 14.2 Å². The molecule has 0 N–H and O–H groups in total. The molecule has 24 heavy (non-hydrogen) atoms. The molecular formula is C18H25N3O3. The van der Waals surface area contributed by atoms with Gasteiger partial charge in [0.05, 0.1) is 32.1 Å². The van der Waals surface area contributed by atoms with Gasteiger partial charge in [-0.2, -0.15) is 0 Å². The van der Waals surface area contributed by atoms with Gasteiger partial charge in [0.2, 0.25) is 0 Å². The van der Waals surface area contributed by atoms with E-state index in [-0.39, 0.29) is 12.1 Å². The zero-order chi connectivity index (χ0) is 17.2. The Kier molecular flexibility index (Phi) is 4.99. The van der Waals surface area contributed by atoms with E-state index in [1.165, 1.54) is 11.1 Å². The highest BCUT2D eigenvalue weighted by Crippen LogP contribution is 2.22. The lowest BCUT2D eigenvalue weighted by molar-refractivity contribution is -0.145. The SMILES string of the molecule is Cc1ccc([C@H](C)n2cc(COCC3COC(C)(C)O3)nn2)cc1. The fraction of sp³-hybridized carbons (Fsp3) is 0.556. The van der Waals surface area contributed by atoms with Crippen LogP contribution < -0.4 is 0 Å². The molecule has 2 heterocycles. The second-order valence-electron chi connectivity index (χ2n) is 6.74. The number of hydrogen-bond acceptors (Lipinski definition) is 5. The van der Waals surface area contributed by atoms with Crippen molar-refractivity contribution < 1.29 is 14.2 Å². The third-order valence-electron chi connectivity index (χ3n) is 4.14. The van der Waals surface area contributed by atoms with Crippen LogP contribution in [0.4, 0.5) is 0 Å². The van der Waals surface area contributed by atoms with Crippen LogP contribution in [0.1, 0.15) is 43.6 Å². The third-order valence-corrected chi connectivity index (χ3v) is 4.14. The molecule has 1 saturated heterocycles. The van der Waals surface area contributed by atoms with Gasteiger partial charge < -0.3 is 14.2 Å². The van der Waals surface area contributed by atoms with Crippen molar-refractivity contribution in [2.45, 2.75) is 52.2 Å². The second kappa shape index (κ2) is 7.01. The summed E-state index contributed by atoms with van der Waals surface area (Å²) in [5.74, 6) is -0.513. The largest absolute Gasteiger partial charge is 0.372 e. The van der Waals surface area contributed by atoms with Crippen molar-refractivity contribution in [3.05, 3.63) is 47.3 Å². The quantitative estimate of drug-likeness (QED) is 0.814. The first-order valence-electron chi connectivity index (χ1n) is 8.30. The van der Waals surface area contributed by atoms with Crippen molar-refractivity contribution in [2.24, 2.45) is 0 Å². The van der Waals surface area contributed by atoms with Crippen LogP contribution in [0.25, 0.3) is 0 Å². The normalized spacial score (nSPS) is 21.1. The molecule has 2 atom stereocenters. The minimum atomic E-state index is -0.513. The Labute approximate surface area is 142 Å². The number of ether oxygens (including phenoxy) is 3. The van der Waals surface area contributed by atoms with Crippen LogP contribution in [0.3, 0.4) is 0 Å². The Balaban J connectivity index is 1.51. The predicted molar refractivity (Wildman–Crippen MR) is 89.6 cm³/mol. The van der Waals surface area contributed by atoms with Crippen molar-refractivity contribution in [3.8, 4) is 0 Å². The molecule has 0 spiro atoms. The van der Waals surface area contributed by atoms with E-state index < -0.39 is 5.79 Å². The molecule has 1 aromatic heterocycles. The van der Waals surface area contributed by atoms with E-state index in [2.05, 4.69) is 48.4 Å². The molecular weight excluding hydrogens is 306 g/mol. The Bertz CT molecular complexity index is 666. The molecule has 1 aliphatic heterocycles. The smallest absolute Gasteiger partial charge is 0.163 e. The molecule has 0 aliphatic carbocycles. The van der Waals surface area contributed by atoms with Gasteiger partial charge in [-0.25, -0.2) is 4.68 Å². The Morgan fingerprint density at radius 3 is 2.75 bits per heavy atom. The maximum absolute atomic E-state index is 5.71. The van der Waals surface area contributed by atoms with Crippen molar-refractivity contribution in [1.82, 2.24) is 15.0 Å². The monoisotopic (exact) mass is 331 g/mol. The van der Waals surface area contributed by atoms with Crippen LogP contribution in [0.5, 0.6) is 0 Å². The molecule has 0 saturated carbocycles. The Hall–Kier alpha value is -1.76. The van der Waals surface area contributed by atoms with Crippen molar-refractivity contribution >= 4 is 0 Å². The lowest BCUT2D eigenvalue weighted by Gasteiger charge is -2.16. The lowest BCUT2D eigenvalue weighted by atomic mass is 10.1. The average Bonchev–Trinajstić information content (AvgIpc) is 3.14. The first kappa shape index (κ1) is 17.1. The highest BCUT2D eigenvalue weighted by atomic mass is 16.7. The van der Waals surface area contributed by atoms with Gasteiger partial charge in [0.25, 0.3) is 0 Å². The van der Waals surface area contributed by atoms with Gasteiger partial charge in [-0.05, 0) is 33.3 Å². The summed E-state index contributed by atoms with van der Waals surface area (Å²) in [6.45, 7) is 9.47. The molecule has 0 amide bonds. The van der Waals surface area contributed by atoms with E-state index >= 15 is 0 Å². The van der Waals surface area contributed by atoms with Gasteiger partial charge in [0.1, 0.15) is 11.8 Å². The van der Waals surface area contributed by atoms with Gasteiger partial charge in [0.15, 0.2) is 5.79 Å². The van der Waals surface area contributed by atoms with Gasteiger partial charge >= 0.3 is 0 Å². The maximum atomic E-state index is 5.71. The van der Waals surface area contributed by atoms with Crippen LogP contribution in [0, 0.1) is 6.92 Å². The van der Waals surface area contributed by atoms with Gasteiger partial charge in [-0.1, -0.05) is 35.0 Å². The summed E-state index contributed by atoms with van der Waals surface area (Å²) < 4.78 is 18.8. The molecule has 1 fully saturated rings. The molecule has 6 nitrogen and oxygen atoms in total.